The molecule has 0 saturated carbocycles. The molecule has 3 amide bonds. The summed E-state index contributed by atoms with van der Waals surface area (Å²) in [6.07, 6.45) is 1.46. The van der Waals surface area contributed by atoms with Gasteiger partial charge in [0.15, 0.2) is 22.9 Å². The van der Waals surface area contributed by atoms with Crippen LogP contribution in [0.5, 0.6) is 17.2 Å². The average Bonchev–Trinajstić information content (AvgIpc) is 3.39. The van der Waals surface area contributed by atoms with Crippen molar-refractivity contribution < 1.29 is 33.1 Å². The summed E-state index contributed by atoms with van der Waals surface area (Å²) >= 11 is 0. The number of aromatic nitrogens is 1. The first-order valence-corrected chi connectivity index (χ1v) is 15.4. The summed E-state index contributed by atoms with van der Waals surface area (Å²) in [5.74, 6) is 0.990. The Kier molecular flexibility index (Phi) is 12.6. The Morgan fingerprint density at radius 3 is 2.18 bits per heavy atom. The van der Waals surface area contributed by atoms with Crippen LogP contribution in [-0.4, -0.2) is 72.3 Å². The van der Waals surface area contributed by atoms with E-state index in [0.717, 1.165) is 12.8 Å². The van der Waals surface area contributed by atoms with Crippen LogP contribution < -0.4 is 30.6 Å². The SMILES string of the molecule is COc1cc(C(=O)N(C(C)C)C(C)C)ccc1OCCCCOc1ccc2c(NC(=O)[C@H](C)NC(=O)[C@@H](N)C(C)C)noc2c1. The summed E-state index contributed by atoms with van der Waals surface area (Å²) in [7, 11) is 1.56. The van der Waals surface area contributed by atoms with Crippen LogP contribution in [0.1, 0.15) is 71.7 Å². The van der Waals surface area contributed by atoms with Gasteiger partial charge < -0.3 is 40.0 Å². The van der Waals surface area contributed by atoms with Crippen molar-refractivity contribution in [1.82, 2.24) is 15.4 Å². The third-order valence-electron chi connectivity index (χ3n) is 7.28. The van der Waals surface area contributed by atoms with Crippen LogP contribution >= 0.6 is 0 Å². The van der Waals surface area contributed by atoms with Crippen molar-refractivity contribution in [2.45, 2.75) is 85.5 Å². The molecule has 0 unspecified atom stereocenters. The molecule has 0 bridgehead atoms. The van der Waals surface area contributed by atoms with E-state index in [0.29, 0.717) is 47.0 Å². The molecule has 4 N–H and O–H groups in total. The number of carbonyl (C=O) groups is 3. The maximum atomic E-state index is 13.0. The van der Waals surface area contributed by atoms with E-state index >= 15 is 0 Å². The Bertz CT molecular complexity index is 1440. The lowest BCUT2D eigenvalue weighted by Crippen LogP contribution is -2.50. The normalized spacial score (nSPS) is 12.7. The van der Waals surface area contributed by atoms with Gasteiger partial charge in [0.2, 0.25) is 11.8 Å². The van der Waals surface area contributed by atoms with Crippen LogP contribution in [-0.2, 0) is 9.59 Å². The highest BCUT2D eigenvalue weighted by atomic mass is 16.5. The number of unbranched alkanes of at least 4 members (excludes halogenated alkanes) is 1. The number of methoxy groups -OCH3 is 1. The summed E-state index contributed by atoms with van der Waals surface area (Å²) in [6.45, 7) is 14.1. The van der Waals surface area contributed by atoms with E-state index in [-0.39, 0.29) is 29.7 Å². The first-order valence-electron chi connectivity index (χ1n) is 15.4. The van der Waals surface area contributed by atoms with Gasteiger partial charge in [0, 0.05) is 23.7 Å². The van der Waals surface area contributed by atoms with E-state index in [2.05, 4.69) is 15.8 Å². The van der Waals surface area contributed by atoms with Gasteiger partial charge in [-0.15, -0.1) is 0 Å². The molecule has 1 aromatic heterocycles. The standard InChI is InChI=1S/C33H47N5O7/c1-19(2)29(34)32(40)35-22(7)31(39)36-30-25-13-12-24(18-27(25)45-37-30)43-15-9-10-16-44-26-14-11-23(17-28(26)42-8)33(41)38(20(3)4)21(5)6/h11-14,17-22,29H,9-10,15-16,34H2,1-8H3,(H,35,40)(H,36,37,39)/t22-,29-/m0/s1. The van der Waals surface area contributed by atoms with Crippen molar-refractivity contribution in [2.24, 2.45) is 11.7 Å². The van der Waals surface area contributed by atoms with Gasteiger partial charge in [-0.25, -0.2) is 0 Å². The molecule has 0 spiro atoms. The molecule has 246 valence electrons. The van der Waals surface area contributed by atoms with E-state index in [1.54, 1.807) is 50.4 Å². The fourth-order valence-electron chi connectivity index (χ4n) is 4.71. The summed E-state index contributed by atoms with van der Waals surface area (Å²) in [5, 5.41) is 9.86. The maximum absolute atomic E-state index is 13.0. The van der Waals surface area contributed by atoms with Gasteiger partial charge in [-0.3, -0.25) is 14.4 Å². The number of amides is 3. The Hall–Kier alpha value is -4.32. The predicted molar refractivity (Wildman–Crippen MR) is 173 cm³/mol. The predicted octanol–water partition coefficient (Wildman–Crippen LogP) is 4.76. The van der Waals surface area contributed by atoms with Crippen molar-refractivity contribution in [2.75, 3.05) is 25.6 Å². The second-order valence-corrected chi connectivity index (χ2v) is 11.8. The Labute approximate surface area is 264 Å². The molecular weight excluding hydrogens is 578 g/mol. The zero-order valence-corrected chi connectivity index (χ0v) is 27.5. The summed E-state index contributed by atoms with van der Waals surface area (Å²) in [4.78, 5) is 39.7. The zero-order valence-electron chi connectivity index (χ0n) is 27.5. The van der Waals surface area contributed by atoms with Gasteiger partial charge in [0.1, 0.15) is 11.8 Å². The molecule has 12 nitrogen and oxygen atoms in total. The van der Waals surface area contributed by atoms with E-state index < -0.39 is 23.9 Å². The van der Waals surface area contributed by atoms with E-state index in [4.69, 9.17) is 24.5 Å². The van der Waals surface area contributed by atoms with Crippen LogP contribution in [0.2, 0.25) is 0 Å². The number of rotatable bonds is 16. The molecule has 0 fully saturated rings. The zero-order chi connectivity index (χ0) is 33.3. The quantitative estimate of drug-likeness (QED) is 0.191. The minimum Gasteiger partial charge on any atom is -0.493 e. The maximum Gasteiger partial charge on any atom is 0.254 e. The van der Waals surface area contributed by atoms with Crippen LogP contribution in [0.25, 0.3) is 11.0 Å². The smallest absolute Gasteiger partial charge is 0.254 e. The van der Waals surface area contributed by atoms with Crippen molar-refractivity contribution in [1.29, 1.82) is 0 Å². The molecule has 1 heterocycles. The number of nitrogens with zero attached hydrogens (tertiary/aromatic N) is 2. The fraction of sp³-hybridized carbons (Fsp3) is 0.515. The highest BCUT2D eigenvalue weighted by Crippen LogP contribution is 2.30. The highest BCUT2D eigenvalue weighted by molar-refractivity contribution is 6.02. The molecule has 0 radical (unpaired) electrons. The van der Waals surface area contributed by atoms with Gasteiger partial charge in [0.05, 0.1) is 31.8 Å². The first kappa shape index (κ1) is 35.2. The largest absolute Gasteiger partial charge is 0.493 e. The molecule has 45 heavy (non-hydrogen) atoms. The minimum atomic E-state index is -0.810. The number of carbonyl (C=O) groups excluding carboxylic acids is 3. The first-order chi connectivity index (χ1) is 21.3. The minimum absolute atomic E-state index is 0.0470. The van der Waals surface area contributed by atoms with Crippen LogP contribution in [0.15, 0.2) is 40.9 Å². The van der Waals surface area contributed by atoms with E-state index in [9.17, 15) is 14.4 Å². The molecular formula is C33H47N5O7. The number of benzene rings is 2. The van der Waals surface area contributed by atoms with E-state index in [1.165, 1.54) is 0 Å². The third-order valence-corrected chi connectivity index (χ3v) is 7.28. The van der Waals surface area contributed by atoms with Gasteiger partial charge in [-0.1, -0.05) is 19.0 Å². The molecule has 3 aromatic rings. The molecule has 3 rings (SSSR count). The summed E-state index contributed by atoms with van der Waals surface area (Å²) < 4.78 is 22.7. The molecule has 0 saturated heterocycles. The number of fused-ring (bicyclic) bond motifs is 1. The Morgan fingerprint density at radius 2 is 1.56 bits per heavy atom. The topological polar surface area (TPSA) is 158 Å². The van der Waals surface area contributed by atoms with Gasteiger partial charge in [-0.05, 0) is 83.7 Å². The Morgan fingerprint density at radius 1 is 0.889 bits per heavy atom. The number of nitrogens with one attached hydrogen (secondary N) is 2. The third kappa shape index (κ3) is 9.34. The molecule has 2 atom stereocenters. The fourth-order valence-corrected chi connectivity index (χ4v) is 4.71. The lowest BCUT2D eigenvalue weighted by Gasteiger charge is -2.31. The summed E-state index contributed by atoms with van der Waals surface area (Å²) in [6, 6.07) is 9.12. The molecule has 0 aliphatic heterocycles. The monoisotopic (exact) mass is 625 g/mol. The number of ether oxygens (including phenoxy) is 3. The van der Waals surface area contributed by atoms with Crippen LogP contribution in [0.3, 0.4) is 0 Å². The van der Waals surface area contributed by atoms with Crippen molar-refractivity contribution in [3.8, 4) is 17.2 Å². The molecule has 0 aliphatic carbocycles. The molecule has 12 heteroatoms. The van der Waals surface area contributed by atoms with Gasteiger partial charge in [0.25, 0.3) is 5.91 Å². The lowest BCUT2D eigenvalue weighted by atomic mass is 10.0. The van der Waals surface area contributed by atoms with Crippen LogP contribution in [0.4, 0.5) is 5.82 Å². The van der Waals surface area contributed by atoms with Gasteiger partial charge in [-0.2, -0.15) is 0 Å². The second kappa shape index (κ2) is 16.1. The average molecular weight is 626 g/mol. The number of nitrogens with two attached hydrogens (primary N) is 1. The van der Waals surface area contributed by atoms with Crippen molar-refractivity contribution in [3.05, 3.63) is 42.0 Å². The Balaban J connectivity index is 1.47. The number of anilines is 1. The number of hydrogen-bond donors (Lipinski definition) is 3. The second-order valence-electron chi connectivity index (χ2n) is 11.8. The van der Waals surface area contributed by atoms with Crippen molar-refractivity contribution >= 4 is 34.5 Å². The molecule has 2 aromatic carbocycles. The van der Waals surface area contributed by atoms with Crippen molar-refractivity contribution in [3.63, 3.8) is 0 Å². The van der Waals surface area contributed by atoms with E-state index in [1.807, 2.05) is 46.4 Å². The van der Waals surface area contributed by atoms with Gasteiger partial charge >= 0.3 is 0 Å². The summed E-state index contributed by atoms with van der Waals surface area (Å²) in [5.41, 5.74) is 6.86. The molecule has 0 aliphatic rings. The highest BCUT2D eigenvalue weighted by Gasteiger charge is 2.24. The lowest BCUT2D eigenvalue weighted by molar-refractivity contribution is -0.127. The van der Waals surface area contributed by atoms with Crippen LogP contribution in [0, 0.1) is 5.92 Å². The number of hydrogen-bond acceptors (Lipinski definition) is 9.